The van der Waals surface area contributed by atoms with Crippen LogP contribution in [0.25, 0.3) is 17.1 Å². The van der Waals surface area contributed by atoms with Gasteiger partial charge in [0, 0.05) is 5.56 Å². The normalized spacial score (nSPS) is 11.6. The molecule has 0 unspecified atom stereocenters. The van der Waals surface area contributed by atoms with Crippen molar-refractivity contribution in [3.8, 4) is 17.1 Å². The smallest absolute Gasteiger partial charge is 0.268 e. The van der Waals surface area contributed by atoms with Crippen LogP contribution in [0.4, 0.5) is 13.2 Å². The van der Waals surface area contributed by atoms with Crippen molar-refractivity contribution < 1.29 is 13.2 Å². The van der Waals surface area contributed by atoms with Gasteiger partial charge in [0.1, 0.15) is 0 Å². The first-order chi connectivity index (χ1) is 10.5. The summed E-state index contributed by atoms with van der Waals surface area (Å²) in [6, 6.07) is 14.1. The molecule has 0 saturated carbocycles. The highest BCUT2D eigenvalue weighted by Crippen LogP contribution is 2.31. The molecule has 0 atom stereocenters. The zero-order chi connectivity index (χ0) is 15.7. The van der Waals surface area contributed by atoms with Gasteiger partial charge in [0.2, 0.25) is 0 Å². The third-order valence-corrected chi connectivity index (χ3v) is 3.41. The Morgan fingerprint density at radius 2 is 1.73 bits per heavy atom. The molecule has 0 aliphatic rings. The van der Waals surface area contributed by atoms with E-state index < -0.39 is 11.7 Å². The van der Waals surface area contributed by atoms with Gasteiger partial charge in [-0.15, -0.1) is 0 Å². The lowest BCUT2D eigenvalue weighted by molar-refractivity contribution is -0.137. The van der Waals surface area contributed by atoms with E-state index >= 15 is 0 Å². The summed E-state index contributed by atoms with van der Waals surface area (Å²) >= 11 is 5.16. The van der Waals surface area contributed by atoms with Gasteiger partial charge in [-0.2, -0.15) is 18.3 Å². The quantitative estimate of drug-likeness (QED) is 0.699. The standard InChI is InChI=1S/C15H10F3N3S/c16-15(17,18)11-7-4-8-12(9-11)21-13(19-20-14(21)22)10-5-2-1-3-6-10/h1-9H,(H,20,22). The SMILES string of the molecule is FC(F)(F)c1cccc(-n2c(-c3ccccc3)n[nH]c2=S)c1. The molecule has 2 aromatic carbocycles. The monoisotopic (exact) mass is 321 g/mol. The fourth-order valence-corrected chi connectivity index (χ4v) is 2.38. The van der Waals surface area contributed by atoms with Crippen molar-refractivity contribution in [3.05, 3.63) is 64.9 Å². The van der Waals surface area contributed by atoms with Gasteiger partial charge in [-0.3, -0.25) is 9.67 Å². The van der Waals surface area contributed by atoms with Crippen molar-refractivity contribution in [1.29, 1.82) is 0 Å². The average Bonchev–Trinajstić information content (AvgIpc) is 2.89. The number of halogens is 3. The first-order valence-electron chi connectivity index (χ1n) is 6.37. The largest absolute Gasteiger partial charge is 0.416 e. The maximum Gasteiger partial charge on any atom is 0.416 e. The number of benzene rings is 2. The van der Waals surface area contributed by atoms with E-state index in [1.807, 2.05) is 30.3 Å². The maximum atomic E-state index is 12.9. The number of alkyl halides is 3. The fourth-order valence-electron chi connectivity index (χ4n) is 2.14. The van der Waals surface area contributed by atoms with Crippen LogP contribution in [0.15, 0.2) is 54.6 Å². The molecule has 3 nitrogen and oxygen atoms in total. The van der Waals surface area contributed by atoms with Gasteiger partial charge in [-0.25, -0.2) is 0 Å². The van der Waals surface area contributed by atoms with Gasteiger partial charge >= 0.3 is 6.18 Å². The Kier molecular flexibility index (Phi) is 3.58. The number of aromatic amines is 1. The summed E-state index contributed by atoms with van der Waals surface area (Å²) in [5, 5.41) is 6.75. The number of rotatable bonds is 2. The Balaban J connectivity index is 2.18. The van der Waals surface area contributed by atoms with Gasteiger partial charge in [-0.05, 0) is 30.4 Å². The molecule has 0 amide bonds. The molecule has 7 heteroatoms. The van der Waals surface area contributed by atoms with Gasteiger partial charge in [0.15, 0.2) is 10.6 Å². The first kappa shape index (κ1) is 14.5. The van der Waals surface area contributed by atoms with E-state index in [2.05, 4.69) is 10.2 Å². The lowest BCUT2D eigenvalue weighted by atomic mass is 10.1. The topological polar surface area (TPSA) is 33.6 Å². The molecule has 0 aliphatic carbocycles. The van der Waals surface area contributed by atoms with Crippen LogP contribution in [0.2, 0.25) is 0 Å². The van der Waals surface area contributed by atoms with Crippen LogP contribution < -0.4 is 0 Å². The minimum Gasteiger partial charge on any atom is -0.268 e. The summed E-state index contributed by atoms with van der Waals surface area (Å²) in [5.74, 6) is 0.463. The summed E-state index contributed by atoms with van der Waals surface area (Å²) in [5.41, 5.74) is 0.340. The van der Waals surface area contributed by atoms with Crippen molar-refractivity contribution in [1.82, 2.24) is 14.8 Å². The second-order valence-corrected chi connectivity index (χ2v) is 4.99. The summed E-state index contributed by atoms with van der Waals surface area (Å²) in [6.45, 7) is 0. The zero-order valence-electron chi connectivity index (χ0n) is 11.1. The third kappa shape index (κ3) is 2.67. The molecule has 0 spiro atoms. The molecule has 0 aliphatic heterocycles. The van der Waals surface area contributed by atoms with E-state index in [4.69, 9.17) is 12.2 Å². The molecular weight excluding hydrogens is 311 g/mol. The molecule has 3 aromatic rings. The van der Waals surface area contributed by atoms with Crippen LogP contribution in [-0.2, 0) is 6.18 Å². The van der Waals surface area contributed by atoms with Crippen LogP contribution in [0.3, 0.4) is 0 Å². The number of hydrogen-bond acceptors (Lipinski definition) is 2. The molecule has 1 aromatic heterocycles. The van der Waals surface area contributed by atoms with Crippen molar-refractivity contribution in [3.63, 3.8) is 0 Å². The Bertz CT molecular complexity index is 850. The molecular formula is C15H10F3N3S. The molecule has 3 rings (SSSR count). The highest BCUT2D eigenvalue weighted by atomic mass is 32.1. The molecule has 112 valence electrons. The Labute approximate surface area is 129 Å². The molecule has 22 heavy (non-hydrogen) atoms. The fraction of sp³-hybridized carbons (Fsp3) is 0.0667. The van der Waals surface area contributed by atoms with Crippen LogP contribution in [0.5, 0.6) is 0 Å². The number of nitrogens with zero attached hydrogens (tertiary/aromatic N) is 2. The molecule has 0 saturated heterocycles. The molecule has 1 N–H and O–H groups in total. The minimum absolute atomic E-state index is 0.234. The van der Waals surface area contributed by atoms with Crippen LogP contribution in [-0.4, -0.2) is 14.8 Å². The van der Waals surface area contributed by atoms with Crippen molar-refractivity contribution in [2.24, 2.45) is 0 Å². The Morgan fingerprint density at radius 3 is 2.41 bits per heavy atom. The van der Waals surface area contributed by atoms with E-state index in [1.54, 1.807) is 6.07 Å². The Morgan fingerprint density at radius 1 is 1.00 bits per heavy atom. The number of H-pyrrole nitrogens is 1. The van der Waals surface area contributed by atoms with Gasteiger partial charge < -0.3 is 0 Å². The van der Waals surface area contributed by atoms with Gasteiger partial charge in [0.05, 0.1) is 11.3 Å². The van der Waals surface area contributed by atoms with Crippen molar-refractivity contribution in [2.75, 3.05) is 0 Å². The summed E-state index contributed by atoms with van der Waals surface area (Å²) in [4.78, 5) is 0. The third-order valence-electron chi connectivity index (χ3n) is 3.14. The van der Waals surface area contributed by atoms with Gasteiger partial charge in [0.25, 0.3) is 0 Å². The second kappa shape index (κ2) is 5.42. The maximum absolute atomic E-state index is 12.9. The van der Waals surface area contributed by atoms with E-state index in [9.17, 15) is 13.2 Å². The Hall–Kier alpha value is -2.41. The summed E-state index contributed by atoms with van der Waals surface area (Å²) in [6.07, 6.45) is -4.41. The van der Waals surface area contributed by atoms with Gasteiger partial charge in [-0.1, -0.05) is 36.4 Å². The lowest BCUT2D eigenvalue weighted by Gasteiger charge is -2.11. The summed E-state index contributed by atoms with van der Waals surface area (Å²) < 4.78 is 40.3. The number of hydrogen-bond donors (Lipinski definition) is 1. The summed E-state index contributed by atoms with van der Waals surface area (Å²) in [7, 11) is 0. The van der Waals surface area contributed by atoms with E-state index in [1.165, 1.54) is 10.6 Å². The van der Waals surface area contributed by atoms with Crippen molar-refractivity contribution >= 4 is 12.2 Å². The highest BCUT2D eigenvalue weighted by molar-refractivity contribution is 7.71. The number of nitrogens with one attached hydrogen (secondary N) is 1. The van der Waals surface area contributed by atoms with Crippen LogP contribution in [0.1, 0.15) is 5.56 Å². The number of aromatic nitrogens is 3. The zero-order valence-corrected chi connectivity index (χ0v) is 11.9. The minimum atomic E-state index is -4.41. The lowest BCUT2D eigenvalue weighted by Crippen LogP contribution is -2.06. The molecule has 0 radical (unpaired) electrons. The van der Waals surface area contributed by atoms with E-state index in [0.717, 1.165) is 17.7 Å². The molecule has 1 heterocycles. The van der Waals surface area contributed by atoms with Crippen molar-refractivity contribution in [2.45, 2.75) is 6.18 Å². The molecule has 0 bridgehead atoms. The van der Waals surface area contributed by atoms with E-state index in [-0.39, 0.29) is 4.77 Å². The average molecular weight is 321 g/mol. The van der Waals surface area contributed by atoms with Crippen LogP contribution >= 0.6 is 12.2 Å². The predicted molar refractivity (Wildman–Crippen MR) is 79.2 cm³/mol. The van der Waals surface area contributed by atoms with Crippen LogP contribution in [0, 0.1) is 4.77 Å². The second-order valence-electron chi connectivity index (χ2n) is 4.60. The van der Waals surface area contributed by atoms with E-state index in [0.29, 0.717) is 11.5 Å². The first-order valence-corrected chi connectivity index (χ1v) is 6.78. The molecule has 0 fully saturated rings. The predicted octanol–water partition coefficient (Wildman–Crippen LogP) is 4.62. The highest BCUT2D eigenvalue weighted by Gasteiger charge is 2.30.